The lowest BCUT2D eigenvalue weighted by atomic mass is 9.99. The minimum absolute atomic E-state index is 0.297. The fraction of sp³-hybridized carbons (Fsp3) is 0.231. The van der Waals surface area contributed by atoms with Gasteiger partial charge in [-0.05, 0) is 67.1 Å². The van der Waals surface area contributed by atoms with Crippen LogP contribution in [0.15, 0.2) is 66.7 Å². The van der Waals surface area contributed by atoms with Crippen LogP contribution in [0.5, 0.6) is 0 Å². The average molecular weight is 473 g/mol. The third kappa shape index (κ3) is 6.43. The zero-order valence-corrected chi connectivity index (χ0v) is 18.2. The number of anilines is 1. The van der Waals surface area contributed by atoms with Crippen molar-refractivity contribution in [3.05, 3.63) is 100 Å². The molecule has 0 saturated heterocycles. The summed E-state index contributed by atoms with van der Waals surface area (Å²) in [4.78, 5) is 23.8. The Hall–Kier alpha value is -3.68. The van der Waals surface area contributed by atoms with Crippen molar-refractivity contribution in [3.63, 3.8) is 0 Å². The first-order valence-electron chi connectivity index (χ1n) is 10.7. The van der Waals surface area contributed by atoms with Crippen molar-refractivity contribution in [2.45, 2.75) is 38.3 Å². The Morgan fingerprint density at radius 2 is 1.41 bits per heavy atom. The van der Waals surface area contributed by atoms with E-state index in [1.165, 1.54) is 0 Å². The van der Waals surface area contributed by atoms with Gasteiger partial charge in [-0.3, -0.25) is 4.79 Å². The van der Waals surface area contributed by atoms with E-state index in [4.69, 9.17) is 0 Å². The van der Waals surface area contributed by atoms with Gasteiger partial charge < -0.3 is 10.4 Å². The van der Waals surface area contributed by atoms with Crippen LogP contribution in [0, 0.1) is 5.82 Å². The van der Waals surface area contributed by atoms with Gasteiger partial charge in [0.1, 0.15) is 5.82 Å². The number of nitrogens with one attached hydrogen (secondary N) is 1. The molecule has 3 rings (SSSR count). The highest BCUT2D eigenvalue weighted by Crippen LogP contribution is 2.30. The molecular weight excluding hydrogens is 450 g/mol. The number of hydrogen-bond acceptors (Lipinski definition) is 2. The van der Waals surface area contributed by atoms with Crippen molar-refractivity contribution in [2.75, 3.05) is 5.32 Å². The van der Waals surface area contributed by atoms with E-state index < -0.39 is 35.0 Å². The van der Waals surface area contributed by atoms with Gasteiger partial charge in [0.2, 0.25) is 0 Å². The lowest BCUT2D eigenvalue weighted by Crippen LogP contribution is -2.16. The molecule has 0 atom stereocenters. The number of carboxylic acid groups (broad SMARTS) is 1. The second-order valence-corrected chi connectivity index (χ2v) is 7.83. The number of para-hydroxylation sites is 1. The van der Waals surface area contributed by atoms with Crippen LogP contribution >= 0.6 is 0 Å². The minimum Gasteiger partial charge on any atom is -0.478 e. The number of benzene rings is 3. The quantitative estimate of drug-likeness (QED) is 0.267. The standard InChI is InChI=1S/C26H23F4NO3/c27-22-16-19(26(28,29)30)14-15-21(22)24(32)31-23-13-7-5-11-18(23)10-3-1-2-8-17-9-4-6-12-20(17)25(33)34/h4-7,9,11-16H,1-3,8,10H2,(H,31,32)(H,33,34). The van der Waals surface area contributed by atoms with Gasteiger partial charge in [-0.15, -0.1) is 0 Å². The van der Waals surface area contributed by atoms with E-state index >= 15 is 0 Å². The largest absolute Gasteiger partial charge is 0.478 e. The number of hydrogen-bond donors (Lipinski definition) is 2. The molecule has 0 heterocycles. The highest BCUT2D eigenvalue weighted by Gasteiger charge is 2.31. The number of aromatic carboxylic acids is 1. The number of alkyl halides is 3. The lowest BCUT2D eigenvalue weighted by molar-refractivity contribution is -0.137. The molecule has 178 valence electrons. The van der Waals surface area contributed by atoms with Gasteiger partial charge >= 0.3 is 12.1 Å². The summed E-state index contributed by atoms with van der Waals surface area (Å²) >= 11 is 0. The maximum absolute atomic E-state index is 14.1. The second kappa shape index (κ2) is 11.0. The molecule has 0 aliphatic carbocycles. The van der Waals surface area contributed by atoms with Crippen LogP contribution in [-0.2, 0) is 19.0 Å². The number of rotatable bonds is 9. The normalized spacial score (nSPS) is 11.3. The van der Waals surface area contributed by atoms with Crippen molar-refractivity contribution in [3.8, 4) is 0 Å². The zero-order chi connectivity index (χ0) is 24.7. The number of amides is 1. The molecule has 4 nitrogen and oxygen atoms in total. The SMILES string of the molecule is O=C(Nc1ccccc1CCCCCc1ccccc1C(=O)O)c1ccc(C(F)(F)F)cc1F. The fourth-order valence-corrected chi connectivity index (χ4v) is 3.68. The van der Waals surface area contributed by atoms with Gasteiger partial charge in [0.05, 0.1) is 16.7 Å². The van der Waals surface area contributed by atoms with E-state index in [0.29, 0.717) is 36.2 Å². The second-order valence-electron chi connectivity index (χ2n) is 7.83. The van der Waals surface area contributed by atoms with Crippen LogP contribution in [-0.4, -0.2) is 17.0 Å². The van der Waals surface area contributed by atoms with Gasteiger partial charge in [-0.1, -0.05) is 42.8 Å². The first-order valence-corrected chi connectivity index (χ1v) is 10.7. The molecule has 3 aromatic rings. The zero-order valence-electron chi connectivity index (χ0n) is 18.2. The fourth-order valence-electron chi connectivity index (χ4n) is 3.68. The number of aryl methyl sites for hydroxylation is 2. The van der Waals surface area contributed by atoms with Crippen LogP contribution < -0.4 is 5.32 Å². The summed E-state index contributed by atoms with van der Waals surface area (Å²) in [6.07, 6.45) is -1.06. The maximum Gasteiger partial charge on any atom is 0.416 e. The van der Waals surface area contributed by atoms with Crippen LogP contribution in [0.1, 0.15) is 56.7 Å². The summed E-state index contributed by atoms with van der Waals surface area (Å²) in [5.74, 6) is -3.03. The average Bonchev–Trinajstić information content (AvgIpc) is 2.79. The topological polar surface area (TPSA) is 66.4 Å². The van der Waals surface area contributed by atoms with Gasteiger partial charge in [0, 0.05) is 5.69 Å². The first kappa shape index (κ1) is 25.0. The predicted octanol–water partition coefficient (Wildman–Crippen LogP) is 6.75. The number of carbonyl (C=O) groups is 2. The Kier molecular flexibility index (Phi) is 8.04. The molecule has 1 amide bonds. The Morgan fingerprint density at radius 3 is 2.06 bits per heavy atom. The van der Waals surface area contributed by atoms with Crippen molar-refractivity contribution in [1.29, 1.82) is 0 Å². The Balaban J connectivity index is 1.58. The predicted molar refractivity (Wildman–Crippen MR) is 120 cm³/mol. The van der Waals surface area contributed by atoms with E-state index in [1.54, 1.807) is 42.5 Å². The minimum atomic E-state index is -4.70. The molecule has 0 radical (unpaired) electrons. The maximum atomic E-state index is 14.1. The van der Waals surface area contributed by atoms with Crippen LogP contribution in [0.4, 0.5) is 23.2 Å². The molecule has 0 aliphatic heterocycles. The van der Waals surface area contributed by atoms with E-state index in [2.05, 4.69) is 5.32 Å². The summed E-state index contributed by atoms with van der Waals surface area (Å²) in [5, 5.41) is 11.8. The smallest absolute Gasteiger partial charge is 0.416 e. The van der Waals surface area contributed by atoms with E-state index in [9.17, 15) is 32.3 Å². The molecule has 0 unspecified atom stereocenters. The van der Waals surface area contributed by atoms with E-state index in [-0.39, 0.29) is 0 Å². The Bertz CT molecular complexity index is 1170. The molecule has 0 fully saturated rings. The molecule has 0 spiro atoms. The highest BCUT2D eigenvalue weighted by atomic mass is 19.4. The Morgan fingerprint density at radius 1 is 0.794 bits per heavy atom. The van der Waals surface area contributed by atoms with Crippen LogP contribution in [0.3, 0.4) is 0 Å². The third-order valence-corrected chi connectivity index (χ3v) is 5.45. The molecule has 2 N–H and O–H groups in total. The van der Waals surface area contributed by atoms with Crippen LogP contribution in [0.2, 0.25) is 0 Å². The molecule has 0 saturated carbocycles. The molecule has 0 aromatic heterocycles. The van der Waals surface area contributed by atoms with E-state index in [0.717, 1.165) is 36.5 Å². The highest BCUT2D eigenvalue weighted by molar-refractivity contribution is 6.04. The van der Waals surface area contributed by atoms with Crippen molar-refractivity contribution < 1.29 is 32.3 Å². The number of halogens is 4. The lowest BCUT2D eigenvalue weighted by Gasteiger charge is -2.13. The van der Waals surface area contributed by atoms with Gasteiger partial charge in [-0.25, -0.2) is 9.18 Å². The summed E-state index contributed by atoms with van der Waals surface area (Å²) < 4.78 is 52.3. The monoisotopic (exact) mass is 473 g/mol. The van der Waals surface area contributed by atoms with Crippen molar-refractivity contribution >= 4 is 17.6 Å². The van der Waals surface area contributed by atoms with Gasteiger partial charge in [-0.2, -0.15) is 13.2 Å². The van der Waals surface area contributed by atoms with Crippen LogP contribution in [0.25, 0.3) is 0 Å². The first-order chi connectivity index (χ1) is 16.2. The summed E-state index contributed by atoms with van der Waals surface area (Å²) in [7, 11) is 0. The summed E-state index contributed by atoms with van der Waals surface area (Å²) in [5.41, 5.74) is 0.720. The molecule has 3 aromatic carbocycles. The Labute approximate surface area is 194 Å². The van der Waals surface area contributed by atoms with E-state index in [1.807, 2.05) is 6.07 Å². The van der Waals surface area contributed by atoms with Crippen molar-refractivity contribution in [1.82, 2.24) is 0 Å². The third-order valence-electron chi connectivity index (χ3n) is 5.45. The van der Waals surface area contributed by atoms with Gasteiger partial charge in [0.25, 0.3) is 5.91 Å². The molecular formula is C26H23F4NO3. The van der Waals surface area contributed by atoms with Gasteiger partial charge in [0.15, 0.2) is 0 Å². The van der Waals surface area contributed by atoms with Crippen molar-refractivity contribution in [2.24, 2.45) is 0 Å². The molecule has 0 bridgehead atoms. The summed E-state index contributed by atoms with van der Waals surface area (Å²) in [6, 6.07) is 15.6. The molecule has 0 aliphatic rings. The molecule has 8 heteroatoms. The molecule has 34 heavy (non-hydrogen) atoms. The summed E-state index contributed by atoms with van der Waals surface area (Å²) in [6.45, 7) is 0. The number of unbranched alkanes of at least 4 members (excludes halogenated alkanes) is 2. The number of carboxylic acids is 1. The number of carbonyl (C=O) groups excluding carboxylic acids is 1.